The first-order chi connectivity index (χ1) is 11.6. The predicted octanol–water partition coefficient (Wildman–Crippen LogP) is 3.18. The molecule has 126 valence electrons. The number of nitrogens with zero attached hydrogens (tertiary/aromatic N) is 2. The molecule has 5 heteroatoms. The largest absolute Gasteiger partial charge is 0.493 e. The molecule has 1 fully saturated rings. The second-order valence-corrected chi connectivity index (χ2v) is 5.74. The zero-order valence-corrected chi connectivity index (χ0v) is 14.1. The SMILES string of the molecule is C=CCOc1ccc(C=CC(=O)N(C)C2(C#N)CCC2)cc1OC. The minimum absolute atomic E-state index is 0.179. The molecular formula is C19H22N2O3. The quantitative estimate of drug-likeness (QED) is 0.570. The summed E-state index contributed by atoms with van der Waals surface area (Å²) in [7, 11) is 3.25. The maximum atomic E-state index is 12.3. The molecule has 5 nitrogen and oxygen atoms in total. The van der Waals surface area contributed by atoms with Crippen molar-refractivity contribution in [1.82, 2.24) is 4.90 Å². The normalized spacial score (nSPS) is 15.2. The van der Waals surface area contributed by atoms with Gasteiger partial charge in [0.2, 0.25) is 5.91 Å². The molecule has 1 aliphatic carbocycles. The zero-order chi connectivity index (χ0) is 17.6. The Hall–Kier alpha value is -2.74. The van der Waals surface area contributed by atoms with Gasteiger partial charge in [0.1, 0.15) is 12.1 Å². The first kappa shape index (κ1) is 17.6. The molecule has 1 aromatic carbocycles. The smallest absolute Gasteiger partial charge is 0.247 e. The molecule has 0 atom stereocenters. The topological polar surface area (TPSA) is 62.6 Å². The average Bonchev–Trinajstić information content (AvgIpc) is 2.57. The maximum Gasteiger partial charge on any atom is 0.247 e. The Labute approximate surface area is 142 Å². The summed E-state index contributed by atoms with van der Waals surface area (Å²) >= 11 is 0. The summed E-state index contributed by atoms with van der Waals surface area (Å²) < 4.78 is 10.8. The van der Waals surface area contributed by atoms with E-state index in [0.29, 0.717) is 18.1 Å². The lowest BCUT2D eigenvalue weighted by molar-refractivity contribution is -0.130. The average molecular weight is 326 g/mol. The van der Waals surface area contributed by atoms with Gasteiger partial charge in [0.25, 0.3) is 0 Å². The first-order valence-corrected chi connectivity index (χ1v) is 7.85. The van der Waals surface area contributed by atoms with Gasteiger partial charge in [-0.15, -0.1) is 0 Å². The van der Waals surface area contributed by atoms with E-state index in [-0.39, 0.29) is 5.91 Å². The van der Waals surface area contributed by atoms with Gasteiger partial charge in [-0.05, 0) is 43.0 Å². The van der Waals surface area contributed by atoms with Crippen molar-refractivity contribution in [2.45, 2.75) is 24.8 Å². The van der Waals surface area contributed by atoms with Crippen LogP contribution in [0.2, 0.25) is 0 Å². The van der Waals surface area contributed by atoms with E-state index >= 15 is 0 Å². The van der Waals surface area contributed by atoms with Crippen molar-refractivity contribution in [2.24, 2.45) is 0 Å². The standard InChI is InChI=1S/C19H22N2O3/c1-4-12-24-16-8-6-15(13-17(16)23-3)7-9-18(22)21(2)19(14-20)10-5-11-19/h4,6-9,13H,1,5,10-12H2,2-3H3. The van der Waals surface area contributed by atoms with Gasteiger partial charge < -0.3 is 14.4 Å². The van der Waals surface area contributed by atoms with Crippen LogP contribution in [0.1, 0.15) is 24.8 Å². The Balaban J connectivity index is 2.09. The van der Waals surface area contributed by atoms with Gasteiger partial charge in [0.05, 0.1) is 13.2 Å². The Morgan fingerprint density at radius 1 is 1.46 bits per heavy atom. The molecule has 2 rings (SSSR count). The summed E-state index contributed by atoms with van der Waals surface area (Å²) in [5.41, 5.74) is 0.181. The molecule has 0 spiro atoms. The van der Waals surface area contributed by atoms with Crippen LogP contribution in [0.25, 0.3) is 6.08 Å². The third kappa shape index (κ3) is 3.60. The van der Waals surface area contributed by atoms with Gasteiger partial charge in [0, 0.05) is 13.1 Å². The van der Waals surface area contributed by atoms with Gasteiger partial charge in [-0.1, -0.05) is 18.7 Å². The van der Waals surface area contributed by atoms with E-state index in [9.17, 15) is 10.1 Å². The number of methoxy groups -OCH3 is 1. The fourth-order valence-electron chi connectivity index (χ4n) is 2.58. The number of benzene rings is 1. The van der Waals surface area contributed by atoms with Gasteiger partial charge in [-0.3, -0.25) is 4.79 Å². The van der Waals surface area contributed by atoms with Crippen molar-refractivity contribution in [3.8, 4) is 17.6 Å². The molecule has 24 heavy (non-hydrogen) atoms. The second kappa shape index (κ2) is 7.69. The third-order valence-corrected chi connectivity index (χ3v) is 4.32. The summed E-state index contributed by atoms with van der Waals surface area (Å²) in [6.07, 6.45) is 7.32. The molecule has 0 aromatic heterocycles. The summed E-state index contributed by atoms with van der Waals surface area (Å²) in [5, 5.41) is 9.31. The van der Waals surface area contributed by atoms with Crippen LogP contribution in [0, 0.1) is 11.3 Å². The number of hydrogen-bond acceptors (Lipinski definition) is 4. The van der Waals surface area contributed by atoms with Crippen LogP contribution in [0.5, 0.6) is 11.5 Å². The van der Waals surface area contributed by atoms with Crippen LogP contribution < -0.4 is 9.47 Å². The van der Waals surface area contributed by atoms with Crippen molar-refractivity contribution in [3.05, 3.63) is 42.5 Å². The van der Waals surface area contributed by atoms with E-state index in [2.05, 4.69) is 12.6 Å². The van der Waals surface area contributed by atoms with Crippen LogP contribution in [0.3, 0.4) is 0 Å². The molecule has 0 aliphatic heterocycles. The van der Waals surface area contributed by atoms with Crippen molar-refractivity contribution in [2.75, 3.05) is 20.8 Å². The number of likely N-dealkylation sites (N-methyl/N-ethyl adjacent to an activating group) is 1. The third-order valence-electron chi connectivity index (χ3n) is 4.32. The Bertz CT molecular complexity index is 684. The van der Waals surface area contributed by atoms with Crippen molar-refractivity contribution >= 4 is 12.0 Å². The van der Waals surface area contributed by atoms with Crippen LogP contribution >= 0.6 is 0 Å². The number of hydrogen-bond donors (Lipinski definition) is 0. The van der Waals surface area contributed by atoms with E-state index in [1.54, 1.807) is 38.4 Å². The molecule has 0 radical (unpaired) electrons. The van der Waals surface area contributed by atoms with Gasteiger partial charge in [-0.25, -0.2) is 0 Å². The van der Waals surface area contributed by atoms with Gasteiger partial charge >= 0.3 is 0 Å². The molecule has 1 amide bonds. The van der Waals surface area contributed by atoms with Gasteiger partial charge in [0.15, 0.2) is 11.5 Å². The number of carbonyl (C=O) groups is 1. The fourth-order valence-corrected chi connectivity index (χ4v) is 2.58. The van der Waals surface area contributed by atoms with E-state index in [0.717, 1.165) is 24.8 Å². The maximum absolute atomic E-state index is 12.3. The molecular weight excluding hydrogens is 304 g/mol. The number of carbonyl (C=O) groups excluding carboxylic acids is 1. The Kier molecular flexibility index (Phi) is 5.64. The number of ether oxygens (including phenoxy) is 2. The molecule has 1 aromatic rings. The monoisotopic (exact) mass is 326 g/mol. The van der Waals surface area contributed by atoms with Crippen LogP contribution in [-0.4, -0.2) is 37.1 Å². The van der Waals surface area contributed by atoms with Crippen LogP contribution in [-0.2, 0) is 4.79 Å². The summed E-state index contributed by atoms with van der Waals surface area (Å²) in [6.45, 7) is 4.00. The molecule has 1 aliphatic rings. The molecule has 0 saturated heterocycles. The number of nitriles is 1. The summed E-state index contributed by atoms with van der Waals surface area (Å²) in [5.74, 6) is 1.03. The molecule has 1 saturated carbocycles. The molecule has 0 heterocycles. The van der Waals surface area contributed by atoms with Crippen LogP contribution in [0.4, 0.5) is 0 Å². The molecule has 0 N–H and O–H groups in total. The predicted molar refractivity (Wildman–Crippen MR) is 92.7 cm³/mol. The highest BCUT2D eigenvalue weighted by Crippen LogP contribution is 2.36. The first-order valence-electron chi connectivity index (χ1n) is 7.85. The highest BCUT2D eigenvalue weighted by Gasteiger charge is 2.42. The molecule has 0 bridgehead atoms. The van der Waals surface area contributed by atoms with Crippen molar-refractivity contribution in [1.29, 1.82) is 5.26 Å². The lowest BCUT2D eigenvalue weighted by atomic mass is 9.76. The fraction of sp³-hybridized carbons (Fsp3) is 0.368. The lowest BCUT2D eigenvalue weighted by Gasteiger charge is -2.42. The number of rotatable bonds is 7. The minimum Gasteiger partial charge on any atom is -0.493 e. The highest BCUT2D eigenvalue weighted by atomic mass is 16.5. The van der Waals surface area contributed by atoms with E-state index < -0.39 is 5.54 Å². The Morgan fingerprint density at radius 2 is 2.21 bits per heavy atom. The highest BCUT2D eigenvalue weighted by molar-refractivity contribution is 5.92. The molecule has 0 unspecified atom stereocenters. The van der Waals surface area contributed by atoms with Gasteiger partial charge in [-0.2, -0.15) is 5.26 Å². The van der Waals surface area contributed by atoms with Crippen molar-refractivity contribution < 1.29 is 14.3 Å². The Morgan fingerprint density at radius 3 is 2.75 bits per heavy atom. The van der Waals surface area contributed by atoms with E-state index in [1.165, 1.54) is 11.0 Å². The minimum atomic E-state index is -0.637. The summed E-state index contributed by atoms with van der Waals surface area (Å²) in [6, 6.07) is 7.69. The number of amides is 1. The van der Waals surface area contributed by atoms with E-state index in [1.807, 2.05) is 6.07 Å². The lowest BCUT2D eigenvalue weighted by Crippen LogP contribution is -2.52. The van der Waals surface area contributed by atoms with Crippen LogP contribution in [0.15, 0.2) is 36.9 Å². The van der Waals surface area contributed by atoms with Crippen molar-refractivity contribution in [3.63, 3.8) is 0 Å². The second-order valence-electron chi connectivity index (χ2n) is 5.74. The van der Waals surface area contributed by atoms with E-state index in [4.69, 9.17) is 9.47 Å². The summed E-state index contributed by atoms with van der Waals surface area (Å²) in [4.78, 5) is 13.8. The zero-order valence-electron chi connectivity index (χ0n) is 14.1.